The number of fused-ring (bicyclic) bond motifs is 4. The van der Waals surface area contributed by atoms with Gasteiger partial charge in [-0.3, -0.25) is 0 Å². The van der Waals surface area contributed by atoms with E-state index < -0.39 is 0 Å². The zero-order valence-corrected chi connectivity index (χ0v) is 13.8. The van der Waals surface area contributed by atoms with Crippen molar-refractivity contribution in [1.82, 2.24) is 5.32 Å². The van der Waals surface area contributed by atoms with Gasteiger partial charge in [-0.25, -0.2) is 0 Å². The zero-order chi connectivity index (χ0) is 16.3. The first-order valence-corrected chi connectivity index (χ1v) is 8.24. The van der Waals surface area contributed by atoms with Crippen LogP contribution in [0.3, 0.4) is 0 Å². The summed E-state index contributed by atoms with van der Waals surface area (Å²) >= 11 is 0. The van der Waals surface area contributed by atoms with Gasteiger partial charge in [0.2, 0.25) is 6.79 Å². The summed E-state index contributed by atoms with van der Waals surface area (Å²) in [5.41, 5.74) is 6.13. The first kappa shape index (κ1) is 14.0. The van der Waals surface area contributed by atoms with Gasteiger partial charge in [-0.05, 0) is 48.2 Å². The molecule has 0 saturated carbocycles. The Kier molecular flexibility index (Phi) is 2.94. The zero-order valence-electron chi connectivity index (χ0n) is 13.8. The van der Waals surface area contributed by atoms with Crippen molar-refractivity contribution in [2.75, 3.05) is 27.6 Å². The molecule has 2 heterocycles. The van der Waals surface area contributed by atoms with Crippen LogP contribution < -0.4 is 24.3 Å². The Labute approximate surface area is 140 Å². The normalized spacial score (nSPS) is 19.5. The number of rotatable bonds is 2. The predicted molar refractivity (Wildman–Crippen MR) is 89.3 cm³/mol. The van der Waals surface area contributed by atoms with Crippen LogP contribution in [0.25, 0.3) is 11.1 Å². The minimum atomic E-state index is 0.275. The number of methoxy groups -OCH3 is 2. The molecule has 24 heavy (non-hydrogen) atoms. The van der Waals surface area contributed by atoms with Gasteiger partial charge in [0.15, 0.2) is 11.5 Å². The Morgan fingerprint density at radius 3 is 2.79 bits per heavy atom. The molecule has 2 aromatic rings. The highest BCUT2D eigenvalue weighted by Gasteiger charge is 2.37. The maximum Gasteiger partial charge on any atom is 0.231 e. The third-order valence-corrected chi connectivity index (χ3v) is 5.21. The molecule has 124 valence electrons. The van der Waals surface area contributed by atoms with Crippen molar-refractivity contribution in [3.8, 4) is 34.1 Å². The van der Waals surface area contributed by atoms with Gasteiger partial charge in [-0.1, -0.05) is 0 Å². The maximum atomic E-state index is 5.84. The van der Waals surface area contributed by atoms with Crippen LogP contribution in [0.4, 0.5) is 0 Å². The molecule has 0 spiro atoms. The van der Waals surface area contributed by atoms with Gasteiger partial charge in [-0.2, -0.15) is 0 Å². The highest BCUT2D eigenvalue weighted by molar-refractivity contribution is 5.88. The molecule has 0 fully saturated rings. The minimum absolute atomic E-state index is 0.275. The van der Waals surface area contributed by atoms with Crippen LogP contribution >= 0.6 is 0 Å². The van der Waals surface area contributed by atoms with Crippen LogP contribution in [0, 0.1) is 0 Å². The van der Waals surface area contributed by atoms with E-state index in [4.69, 9.17) is 18.9 Å². The van der Waals surface area contributed by atoms with E-state index in [0.717, 1.165) is 53.5 Å². The second kappa shape index (κ2) is 5.05. The van der Waals surface area contributed by atoms with Crippen molar-refractivity contribution in [2.24, 2.45) is 0 Å². The molecule has 1 aliphatic carbocycles. The molecule has 0 aromatic heterocycles. The summed E-state index contributed by atoms with van der Waals surface area (Å²) in [4.78, 5) is 0. The fourth-order valence-corrected chi connectivity index (χ4v) is 4.21. The summed E-state index contributed by atoms with van der Waals surface area (Å²) < 4.78 is 22.7. The lowest BCUT2D eigenvalue weighted by atomic mass is 9.77. The van der Waals surface area contributed by atoms with Crippen LogP contribution in [-0.2, 0) is 12.8 Å². The number of ether oxygens (including phenoxy) is 4. The minimum Gasteiger partial charge on any atom is -0.497 e. The molecule has 0 amide bonds. The lowest BCUT2D eigenvalue weighted by Crippen LogP contribution is -2.33. The van der Waals surface area contributed by atoms with Crippen molar-refractivity contribution in [1.29, 1.82) is 0 Å². The first-order valence-electron chi connectivity index (χ1n) is 8.24. The summed E-state index contributed by atoms with van der Waals surface area (Å²) in [7, 11) is 3.38. The van der Waals surface area contributed by atoms with Crippen LogP contribution in [0.1, 0.15) is 22.7 Å². The molecule has 0 saturated heterocycles. The van der Waals surface area contributed by atoms with Crippen LogP contribution in [-0.4, -0.2) is 27.6 Å². The van der Waals surface area contributed by atoms with Crippen molar-refractivity contribution in [2.45, 2.75) is 18.9 Å². The molecule has 1 N–H and O–H groups in total. The summed E-state index contributed by atoms with van der Waals surface area (Å²) in [5, 5.41) is 3.65. The predicted octanol–water partition coefficient (Wildman–Crippen LogP) is 2.84. The molecule has 5 rings (SSSR count). The molecule has 0 unspecified atom stereocenters. The quantitative estimate of drug-likeness (QED) is 0.920. The largest absolute Gasteiger partial charge is 0.497 e. The molecule has 0 radical (unpaired) electrons. The number of benzene rings is 2. The Morgan fingerprint density at radius 2 is 1.96 bits per heavy atom. The fourth-order valence-electron chi connectivity index (χ4n) is 4.21. The molecular formula is C19H19NO4. The molecule has 5 nitrogen and oxygen atoms in total. The molecule has 3 aliphatic rings. The Hall–Kier alpha value is -2.40. The first-order chi connectivity index (χ1) is 11.8. The van der Waals surface area contributed by atoms with E-state index in [9.17, 15) is 0 Å². The van der Waals surface area contributed by atoms with E-state index in [-0.39, 0.29) is 6.79 Å². The third-order valence-electron chi connectivity index (χ3n) is 5.21. The average molecular weight is 325 g/mol. The highest BCUT2D eigenvalue weighted by atomic mass is 16.7. The van der Waals surface area contributed by atoms with Gasteiger partial charge in [-0.15, -0.1) is 0 Å². The highest BCUT2D eigenvalue weighted by Crippen LogP contribution is 2.55. The van der Waals surface area contributed by atoms with Gasteiger partial charge < -0.3 is 24.3 Å². The number of nitrogens with one attached hydrogen (secondary N) is 1. The molecule has 2 aromatic carbocycles. The second-order valence-electron chi connectivity index (χ2n) is 6.38. The summed E-state index contributed by atoms with van der Waals surface area (Å²) in [6, 6.07) is 6.49. The average Bonchev–Trinajstić information content (AvgIpc) is 3.08. The van der Waals surface area contributed by atoms with Gasteiger partial charge in [0.05, 0.1) is 14.2 Å². The Balaban J connectivity index is 1.86. The monoisotopic (exact) mass is 325 g/mol. The van der Waals surface area contributed by atoms with E-state index in [0.29, 0.717) is 6.04 Å². The van der Waals surface area contributed by atoms with Crippen molar-refractivity contribution < 1.29 is 18.9 Å². The van der Waals surface area contributed by atoms with Crippen LogP contribution in [0.15, 0.2) is 18.2 Å². The number of hydrogen-bond donors (Lipinski definition) is 1. The topological polar surface area (TPSA) is 49.0 Å². The van der Waals surface area contributed by atoms with E-state index >= 15 is 0 Å². The second-order valence-corrected chi connectivity index (χ2v) is 6.38. The number of hydrogen-bond acceptors (Lipinski definition) is 5. The molecule has 0 bridgehead atoms. The Bertz CT molecular complexity index is 846. The van der Waals surface area contributed by atoms with Gasteiger partial charge >= 0.3 is 0 Å². The van der Waals surface area contributed by atoms with Gasteiger partial charge in [0.1, 0.15) is 11.5 Å². The van der Waals surface area contributed by atoms with E-state index in [1.54, 1.807) is 14.2 Å². The molecule has 5 heteroatoms. The van der Waals surface area contributed by atoms with Crippen molar-refractivity contribution >= 4 is 0 Å². The lowest BCUT2D eigenvalue weighted by Gasteiger charge is -2.35. The Morgan fingerprint density at radius 1 is 1.04 bits per heavy atom. The van der Waals surface area contributed by atoms with Crippen LogP contribution in [0.5, 0.6) is 23.0 Å². The van der Waals surface area contributed by atoms with Crippen LogP contribution in [0.2, 0.25) is 0 Å². The van der Waals surface area contributed by atoms with Gasteiger partial charge in [0, 0.05) is 23.2 Å². The molecule has 2 aliphatic heterocycles. The standard InChI is InChI=1S/C19H19NO4/c1-21-12-5-11-6-13-16-10(3-4-20-13)7-15-19(24-9-23-15)18(16)17(11)14(8-12)22-2/h5,7-8,13,20H,3-4,6,9H2,1-2H3/t13-/m1/s1. The van der Waals surface area contributed by atoms with E-state index in [1.165, 1.54) is 16.7 Å². The SMILES string of the molecule is COc1cc2c(c(OC)c1)-c1c3c(cc4c1[C@@H](C2)NCC4)OCO3. The maximum absolute atomic E-state index is 5.84. The van der Waals surface area contributed by atoms with Crippen molar-refractivity contribution in [3.05, 3.63) is 34.9 Å². The van der Waals surface area contributed by atoms with Gasteiger partial charge in [0.25, 0.3) is 0 Å². The summed E-state index contributed by atoms with van der Waals surface area (Å²) in [5.74, 6) is 3.32. The fraction of sp³-hybridized carbons (Fsp3) is 0.368. The smallest absolute Gasteiger partial charge is 0.231 e. The molecule has 1 atom stereocenters. The summed E-state index contributed by atoms with van der Waals surface area (Å²) in [6.07, 6.45) is 1.92. The molecular weight excluding hydrogens is 306 g/mol. The van der Waals surface area contributed by atoms with Crippen molar-refractivity contribution in [3.63, 3.8) is 0 Å². The summed E-state index contributed by atoms with van der Waals surface area (Å²) in [6.45, 7) is 1.25. The van der Waals surface area contributed by atoms with E-state index in [2.05, 4.69) is 17.4 Å². The lowest BCUT2D eigenvalue weighted by molar-refractivity contribution is 0.174. The third kappa shape index (κ3) is 1.79. The van der Waals surface area contributed by atoms with E-state index in [1.807, 2.05) is 6.07 Å².